The molecule has 0 atom stereocenters. The van der Waals surface area contributed by atoms with E-state index in [1.807, 2.05) is 6.07 Å². The molecule has 110 heavy (non-hydrogen) atoms. The van der Waals surface area contributed by atoms with Crippen LogP contribution in [0.3, 0.4) is 0 Å². The van der Waals surface area contributed by atoms with E-state index in [1.54, 1.807) is 0 Å². The van der Waals surface area contributed by atoms with Crippen LogP contribution in [-0.4, -0.2) is 9.13 Å². The fourth-order valence-corrected chi connectivity index (χ4v) is 13.3. The lowest BCUT2D eigenvalue weighted by Gasteiger charge is -2.20. The van der Waals surface area contributed by atoms with Gasteiger partial charge in [-0.1, -0.05) is 54.6 Å². The Morgan fingerprint density at radius 2 is 0.500 bits per heavy atom. The summed E-state index contributed by atoms with van der Waals surface area (Å²) in [7, 11) is 0. The molecule has 566 valence electrons. The molecule has 0 aliphatic rings. The SMILES string of the molecule is N#Cc1ccc(-n2c3ccc(-c4ccc(C(F)(F)F)cc4C(F)(F)F)cc3c3cc(-c4ccc(C(F)(F)F)cc4C(F)(F)F)ccc32)cc1-c1cc(-c2cc(C(F)(F)F)cc(C(F)(F)F)c2)ccc1-n1c2ccc(-c3ccc(C(F)(F)F)cc3C(F)(F)F)cc2c2cc(-c3ccc(C(F)(F)F)cc3C(F)(F)F)ccc21. The van der Waals surface area contributed by atoms with Crippen molar-refractivity contribution in [3.8, 4) is 84.2 Å². The normalized spacial score (nSPS) is 13.4. The first-order chi connectivity index (χ1) is 50.8. The van der Waals surface area contributed by atoms with Crippen molar-refractivity contribution < 1.29 is 132 Å². The minimum absolute atomic E-state index is 0.199. The van der Waals surface area contributed by atoms with Gasteiger partial charge in [-0.05, 0) is 201 Å². The van der Waals surface area contributed by atoms with Crippen LogP contribution in [0.5, 0.6) is 0 Å². The van der Waals surface area contributed by atoms with Crippen LogP contribution < -0.4 is 0 Å². The molecule has 0 aliphatic carbocycles. The molecule has 0 radical (unpaired) electrons. The first-order valence-corrected chi connectivity index (χ1v) is 31.1. The van der Waals surface area contributed by atoms with Crippen molar-refractivity contribution in [3.63, 3.8) is 0 Å². The van der Waals surface area contributed by atoms with Crippen molar-refractivity contribution >= 4 is 43.6 Å². The van der Waals surface area contributed by atoms with Gasteiger partial charge in [0.1, 0.15) is 0 Å². The molecule has 0 amide bonds. The van der Waals surface area contributed by atoms with Crippen LogP contribution >= 0.6 is 0 Å². The van der Waals surface area contributed by atoms with Crippen molar-refractivity contribution in [3.05, 3.63) is 261 Å². The first-order valence-electron chi connectivity index (χ1n) is 31.1. The van der Waals surface area contributed by atoms with Gasteiger partial charge in [0.25, 0.3) is 0 Å². The minimum atomic E-state index is -5.58. The highest BCUT2D eigenvalue weighted by Gasteiger charge is 2.44. The van der Waals surface area contributed by atoms with Gasteiger partial charge in [-0.25, -0.2) is 0 Å². The van der Waals surface area contributed by atoms with Crippen LogP contribution in [0.25, 0.3) is 122 Å². The van der Waals surface area contributed by atoms with Crippen LogP contribution in [0.2, 0.25) is 0 Å². The Labute approximate surface area is 595 Å². The molecule has 0 aliphatic heterocycles. The summed E-state index contributed by atoms with van der Waals surface area (Å²) in [5.41, 5.74) is -28.8. The molecule has 33 heteroatoms. The molecule has 13 rings (SSSR count). The zero-order valence-electron chi connectivity index (χ0n) is 53.7. The van der Waals surface area contributed by atoms with Crippen molar-refractivity contribution in [1.29, 1.82) is 5.26 Å². The molecule has 2 heterocycles. The van der Waals surface area contributed by atoms with E-state index in [1.165, 1.54) is 4.57 Å². The number of rotatable bonds is 8. The lowest BCUT2D eigenvalue weighted by molar-refractivity contribution is -0.144. The highest BCUT2D eigenvalue weighted by molar-refractivity contribution is 6.14. The fourth-order valence-electron chi connectivity index (χ4n) is 13.3. The molecular weight excluding hydrogens is 1540 g/mol. The molecule has 0 unspecified atom stereocenters. The van der Waals surface area contributed by atoms with E-state index in [4.69, 9.17) is 0 Å². The number of benzene rings is 11. The van der Waals surface area contributed by atoms with E-state index in [2.05, 4.69) is 0 Å². The van der Waals surface area contributed by atoms with Gasteiger partial charge in [-0.15, -0.1) is 0 Å². The van der Waals surface area contributed by atoms with Crippen molar-refractivity contribution in [2.24, 2.45) is 0 Å². The predicted octanol–water partition coefficient (Wildman–Crippen LogP) is 27.9. The maximum absolute atomic E-state index is 15.0. The topological polar surface area (TPSA) is 33.6 Å². The maximum atomic E-state index is 15.0. The highest BCUT2D eigenvalue weighted by Crippen LogP contribution is 2.52. The third-order valence-corrected chi connectivity index (χ3v) is 18.2. The number of halogens is 30. The Kier molecular flexibility index (Phi) is 18.0. The van der Waals surface area contributed by atoms with E-state index in [-0.39, 0.29) is 110 Å². The monoisotopic (exact) mass is 1570 g/mol. The van der Waals surface area contributed by atoms with E-state index in [9.17, 15) is 137 Å². The smallest absolute Gasteiger partial charge is 0.309 e. The summed E-state index contributed by atoms with van der Waals surface area (Å²) in [6, 6.07) is 21.8. The third kappa shape index (κ3) is 14.2. The molecule has 0 saturated carbocycles. The Balaban J connectivity index is 1.13. The summed E-state index contributed by atoms with van der Waals surface area (Å²) < 4.78 is 438. The molecule has 0 saturated heterocycles. The zero-order chi connectivity index (χ0) is 80.2. The molecule has 0 N–H and O–H groups in total. The molecule has 0 bridgehead atoms. The zero-order valence-corrected chi connectivity index (χ0v) is 53.7. The average Bonchev–Trinajstić information content (AvgIpc) is 1.56. The van der Waals surface area contributed by atoms with Gasteiger partial charge < -0.3 is 9.13 Å². The van der Waals surface area contributed by atoms with E-state index < -0.39 is 190 Å². The second-order valence-corrected chi connectivity index (χ2v) is 25.0. The molecule has 0 fully saturated rings. The third-order valence-electron chi connectivity index (χ3n) is 18.2. The van der Waals surface area contributed by atoms with Crippen LogP contribution in [0.1, 0.15) is 61.2 Å². The Bertz CT molecular complexity index is 5650. The summed E-state index contributed by atoms with van der Waals surface area (Å²) in [5, 5.41) is 9.80. The van der Waals surface area contributed by atoms with Gasteiger partial charge in [0.15, 0.2) is 0 Å². The lowest BCUT2D eigenvalue weighted by atomic mass is 9.92. The maximum Gasteiger partial charge on any atom is 0.417 e. The number of nitriles is 1. The number of alkyl halides is 30. The van der Waals surface area contributed by atoms with Gasteiger partial charge in [-0.2, -0.15) is 137 Å². The number of hydrogen-bond donors (Lipinski definition) is 0. The largest absolute Gasteiger partial charge is 0.417 e. The Hall–Kier alpha value is -11.6. The summed E-state index contributed by atoms with van der Waals surface area (Å²) in [4.78, 5) is 0. The van der Waals surface area contributed by atoms with Crippen LogP contribution in [0, 0.1) is 11.3 Å². The fraction of sp³-hybridized carbons (Fsp3) is 0.130. The Morgan fingerprint density at radius 3 is 0.782 bits per heavy atom. The van der Waals surface area contributed by atoms with Crippen LogP contribution in [0.4, 0.5) is 132 Å². The standard InChI is InChI=1S/C77H33F30N3/c78-68(79,80)42-7-12-49(59(29-42)74(96,97)98)36-3-17-63-55(24-36)56-25-37(50-13-8-43(69(81,82)83)30-60(50)75(99,100)101)4-18-64(56)109(63)48-11-1-40(34-108)53(33-48)54-23-35(41-21-46(72(90,91)92)28-47(22-41)73(93,94)95)2-16-65(54)110-66-19-5-38(51-14-9-44(70(84,85)86)31-61(51)76(102,103)104)26-57(66)58-27-39(6-20-67(58)110)52-15-10-45(71(87,88)89)32-62(52)77(105,106)107/h1-33H. The molecule has 13 aromatic rings. The molecule has 0 spiro atoms. The number of aromatic nitrogens is 2. The van der Waals surface area contributed by atoms with E-state index in [0.717, 1.165) is 114 Å². The summed E-state index contributed by atoms with van der Waals surface area (Å²) in [6.45, 7) is 0. The minimum Gasteiger partial charge on any atom is -0.309 e. The van der Waals surface area contributed by atoms with Gasteiger partial charge in [0, 0.05) is 38.4 Å². The molecule has 2 aromatic heterocycles. The van der Waals surface area contributed by atoms with Crippen molar-refractivity contribution in [1.82, 2.24) is 9.13 Å². The van der Waals surface area contributed by atoms with Gasteiger partial charge in [0.05, 0.1) is 95.0 Å². The average molecular weight is 1570 g/mol. The highest BCUT2D eigenvalue weighted by atomic mass is 19.4. The predicted molar refractivity (Wildman–Crippen MR) is 342 cm³/mol. The Morgan fingerprint density at radius 1 is 0.209 bits per heavy atom. The quantitative estimate of drug-likeness (QED) is 0.140. The van der Waals surface area contributed by atoms with Crippen LogP contribution in [0.15, 0.2) is 200 Å². The number of hydrogen-bond acceptors (Lipinski definition) is 1. The first kappa shape index (κ1) is 76.6. The number of nitrogens with zero attached hydrogens (tertiary/aromatic N) is 3. The van der Waals surface area contributed by atoms with Crippen molar-refractivity contribution in [2.45, 2.75) is 61.8 Å². The van der Waals surface area contributed by atoms with Gasteiger partial charge in [-0.3, -0.25) is 0 Å². The van der Waals surface area contributed by atoms with E-state index >= 15 is 0 Å². The second kappa shape index (κ2) is 25.8. The number of fused-ring (bicyclic) bond motifs is 6. The second-order valence-electron chi connectivity index (χ2n) is 25.0. The van der Waals surface area contributed by atoms with Crippen molar-refractivity contribution in [2.75, 3.05) is 0 Å². The summed E-state index contributed by atoms with van der Waals surface area (Å²) >= 11 is 0. The summed E-state index contributed by atoms with van der Waals surface area (Å²) in [6.07, 6.45) is -54.7. The molecular formula is C77H33F30N3. The lowest BCUT2D eigenvalue weighted by Crippen LogP contribution is -2.12. The van der Waals surface area contributed by atoms with Gasteiger partial charge >= 0.3 is 61.8 Å². The molecule has 11 aromatic carbocycles. The summed E-state index contributed by atoms with van der Waals surface area (Å²) in [5.74, 6) is 0. The molecule has 3 nitrogen and oxygen atoms in total. The van der Waals surface area contributed by atoms with E-state index in [0.29, 0.717) is 36.4 Å². The van der Waals surface area contributed by atoms with Gasteiger partial charge in [0.2, 0.25) is 0 Å². The van der Waals surface area contributed by atoms with Crippen LogP contribution in [-0.2, 0) is 61.8 Å².